The Morgan fingerprint density at radius 3 is 2.55 bits per heavy atom. The van der Waals surface area contributed by atoms with E-state index >= 15 is 0 Å². The molecule has 0 aliphatic heterocycles. The van der Waals surface area contributed by atoms with Crippen LogP contribution in [0.15, 0.2) is 53.3 Å². The van der Waals surface area contributed by atoms with Crippen molar-refractivity contribution in [2.45, 2.75) is 13.3 Å². The zero-order valence-electron chi connectivity index (χ0n) is 18.8. The molecule has 170 valence electrons. The second-order valence-electron chi connectivity index (χ2n) is 7.06. The van der Waals surface area contributed by atoms with Crippen LogP contribution in [0.2, 0.25) is 0 Å². The summed E-state index contributed by atoms with van der Waals surface area (Å²) in [7, 11) is 3.03. The number of thiazole rings is 1. The van der Waals surface area contributed by atoms with Crippen LogP contribution < -0.4 is 24.8 Å². The summed E-state index contributed by atoms with van der Waals surface area (Å²) in [6.45, 7) is 2.63. The van der Waals surface area contributed by atoms with Crippen LogP contribution in [0.4, 0.5) is 0 Å². The van der Waals surface area contributed by atoms with Crippen LogP contribution in [0.5, 0.6) is 5.75 Å². The summed E-state index contributed by atoms with van der Waals surface area (Å²) in [6.07, 6.45) is 2.68. The molecule has 0 fully saturated rings. The monoisotopic (exact) mass is 463 g/mol. The number of methoxy groups -OCH3 is 2. The number of para-hydroxylation sites is 2. The van der Waals surface area contributed by atoms with Gasteiger partial charge in [0.1, 0.15) is 16.5 Å². The lowest BCUT2D eigenvalue weighted by Crippen LogP contribution is -2.35. The summed E-state index contributed by atoms with van der Waals surface area (Å²) < 4.78 is 12.4. The summed E-state index contributed by atoms with van der Waals surface area (Å²) in [5.74, 6) is -0.118. The number of aromatic nitrogens is 1. The number of carbonyl (C=O) groups excluding carboxylic acids is 1. The molecule has 1 N–H and O–H groups in total. The quantitative estimate of drug-likeness (QED) is 0.514. The van der Waals surface area contributed by atoms with E-state index in [1.807, 2.05) is 30.3 Å². The molecule has 1 heterocycles. The van der Waals surface area contributed by atoms with E-state index in [-0.39, 0.29) is 22.3 Å². The first-order valence-electron chi connectivity index (χ1n) is 10.4. The Kier molecular flexibility index (Phi) is 8.19. The number of hydrogen-bond donors (Lipinski definition) is 1. The Morgan fingerprint density at radius 2 is 1.91 bits per heavy atom. The Morgan fingerprint density at radius 1 is 1.18 bits per heavy atom. The van der Waals surface area contributed by atoms with Crippen molar-refractivity contribution in [2.75, 3.05) is 27.4 Å². The Balaban J connectivity index is 2.30. The van der Waals surface area contributed by atoms with Crippen molar-refractivity contribution < 1.29 is 14.3 Å². The zero-order valence-corrected chi connectivity index (χ0v) is 19.6. The molecule has 33 heavy (non-hydrogen) atoms. The molecule has 3 rings (SSSR count). The number of nitrogens with one attached hydrogen (secondary N) is 1. The topological polar surface area (TPSA) is 93.4 Å². The largest absolute Gasteiger partial charge is 0.495 e. The standard InChI is InChI=1S/C25H25N3O4S/c1-4-17-9-11-18(12-10-17)15-22-24(30)28(20-7-5-6-8-21(20)32-3)25(33-22)19(16-26)23(29)27-13-14-31-2/h5-12,15H,4,13-14H2,1-3H3,(H,27,29)/b22-15-,25-19-. The molecule has 0 aliphatic rings. The van der Waals surface area contributed by atoms with Gasteiger partial charge in [-0.05, 0) is 35.8 Å². The lowest BCUT2D eigenvalue weighted by atomic mass is 10.1. The minimum atomic E-state index is -0.571. The minimum Gasteiger partial charge on any atom is -0.495 e. The molecule has 0 aliphatic carbocycles. The zero-order chi connectivity index (χ0) is 23.8. The summed E-state index contributed by atoms with van der Waals surface area (Å²) in [6, 6.07) is 16.9. The molecule has 0 atom stereocenters. The number of hydrogen-bond acceptors (Lipinski definition) is 6. The molecular formula is C25H25N3O4S. The molecule has 0 unspecified atom stereocenters. The van der Waals surface area contributed by atoms with Gasteiger partial charge in [0.2, 0.25) is 0 Å². The summed E-state index contributed by atoms with van der Waals surface area (Å²) in [4.78, 5) is 26.3. The van der Waals surface area contributed by atoms with Crippen molar-refractivity contribution in [2.24, 2.45) is 0 Å². The normalized spacial score (nSPS) is 12.2. The second-order valence-corrected chi connectivity index (χ2v) is 8.09. The summed E-state index contributed by atoms with van der Waals surface area (Å²) in [5.41, 5.74) is 2.01. The van der Waals surface area contributed by atoms with E-state index < -0.39 is 5.91 Å². The predicted octanol–water partition coefficient (Wildman–Crippen LogP) is 1.74. The fraction of sp³-hybridized carbons (Fsp3) is 0.240. The first kappa shape index (κ1) is 24.0. The molecule has 0 spiro atoms. The first-order chi connectivity index (χ1) is 16.0. The molecule has 1 amide bonds. The van der Waals surface area contributed by atoms with Crippen LogP contribution in [0.1, 0.15) is 18.1 Å². The molecule has 0 saturated heterocycles. The van der Waals surface area contributed by atoms with Crippen molar-refractivity contribution in [3.05, 3.63) is 79.2 Å². The number of nitrogens with zero attached hydrogens (tertiary/aromatic N) is 2. The van der Waals surface area contributed by atoms with Crippen LogP contribution >= 0.6 is 11.3 Å². The Bertz CT molecular complexity index is 1350. The van der Waals surface area contributed by atoms with Gasteiger partial charge in [-0.2, -0.15) is 5.26 Å². The number of rotatable bonds is 8. The number of aryl methyl sites for hydroxylation is 1. The van der Waals surface area contributed by atoms with Gasteiger partial charge in [-0.25, -0.2) is 0 Å². The molecular weight excluding hydrogens is 438 g/mol. The van der Waals surface area contributed by atoms with Crippen molar-refractivity contribution in [3.63, 3.8) is 0 Å². The molecule has 0 radical (unpaired) electrons. The van der Waals surface area contributed by atoms with Crippen molar-refractivity contribution in [3.8, 4) is 17.5 Å². The van der Waals surface area contributed by atoms with Crippen molar-refractivity contribution >= 4 is 28.9 Å². The molecule has 7 nitrogen and oxygen atoms in total. The lowest BCUT2D eigenvalue weighted by Gasteiger charge is -2.09. The van der Waals surface area contributed by atoms with Crippen molar-refractivity contribution in [1.29, 1.82) is 5.26 Å². The van der Waals surface area contributed by atoms with Gasteiger partial charge in [0, 0.05) is 13.7 Å². The fourth-order valence-corrected chi connectivity index (χ4v) is 4.33. The predicted molar refractivity (Wildman–Crippen MR) is 129 cm³/mol. The average Bonchev–Trinajstić information content (AvgIpc) is 3.15. The van der Waals surface area contributed by atoms with Crippen LogP contribution in [-0.4, -0.2) is 37.8 Å². The van der Waals surface area contributed by atoms with E-state index in [1.165, 1.54) is 24.4 Å². The highest BCUT2D eigenvalue weighted by Crippen LogP contribution is 2.19. The van der Waals surface area contributed by atoms with Crippen LogP contribution in [0, 0.1) is 11.3 Å². The first-order valence-corrected chi connectivity index (χ1v) is 11.2. The van der Waals surface area contributed by atoms with Crippen LogP contribution in [0.25, 0.3) is 17.3 Å². The maximum atomic E-state index is 13.5. The summed E-state index contributed by atoms with van der Waals surface area (Å²) in [5, 5.41) is 12.5. The average molecular weight is 464 g/mol. The van der Waals surface area contributed by atoms with Gasteiger partial charge in [0.15, 0.2) is 5.57 Å². The number of amides is 1. The molecule has 2 aromatic carbocycles. The van der Waals surface area contributed by atoms with E-state index in [2.05, 4.69) is 12.2 Å². The van der Waals surface area contributed by atoms with Gasteiger partial charge < -0.3 is 14.8 Å². The third-order valence-corrected chi connectivity index (χ3v) is 6.07. The molecule has 0 bridgehead atoms. The smallest absolute Gasteiger partial charge is 0.273 e. The van der Waals surface area contributed by atoms with Gasteiger partial charge in [0.25, 0.3) is 11.5 Å². The van der Waals surface area contributed by atoms with E-state index in [9.17, 15) is 14.9 Å². The third-order valence-electron chi connectivity index (χ3n) is 4.98. The Labute approximate surface area is 195 Å². The highest BCUT2D eigenvalue weighted by Gasteiger charge is 2.18. The number of carbonyl (C=O) groups is 1. The van der Waals surface area contributed by atoms with E-state index in [0.717, 1.165) is 23.3 Å². The Hall–Kier alpha value is -3.67. The maximum Gasteiger partial charge on any atom is 0.273 e. The van der Waals surface area contributed by atoms with Gasteiger partial charge >= 0.3 is 0 Å². The third kappa shape index (κ3) is 5.40. The molecule has 0 saturated carbocycles. The van der Waals surface area contributed by atoms with Gasteiger partial charge in [-0.1, -0.05) is 43.3 Å². The van der Waals surface area contributed by atoms with Crippen LogP contribution in [0.3, 0.4) is 0 Å². The fourth-order valence-electron chi connectivity index (χ4n) is 3.23. The highest BCUT2D eigenvalue weighted by atomic mass is 32.1. The van der Waals surface area contributed by atoms with E-state index in [0.29, 0.717) is 22.6 Å². The SMILES string of the molecule is CCc1ccc(/C=c2\s/c(=C(/C#N)C(=O)NCCOC)n(-c3ccccc3OC)c2=O)cc1. The van der Waals surface area contributed by atoms with Gasteiger partial charge in [0.05, 0.1) is 23.9 Å². The number of ether oxygens (including phenoxy) is 2. The van der Waals surface area contributed by atoms with E-state index in [4.69, 9.17) is 9.47 Å². The number of benzene rings is 2. The van der Waals surface area contributed by atoms with E-state index in [1.54, 1.807) is 30.3 Å². The van der Waals surface area contributed by atoms with Gasteiger partial charge in [-0.3, -0.25) is 14.2 Å². The lowest BCUT2D eigenvalue weighted by molar-refractivity contribution is -0.115. The second kappa shape index (κ2) is 11.3. The minimum absolute atomic E-state index is 0.153. The maximum absolute atomic E-state index is 13.5. The van der Waals surface area contributed by atoms with Gasteiger partial charge in [-0.15, -0.1) is 11.3 Å². The van der Waals surface area contributed by atoms with Crippen LogP contribution in [-0.2, 0) is 16.0 Å². The highest BCUT2D eigenvalue weighted by molar-refractivity contribution is 7.07. The molecule has 3 aromatic rings. The summed E-state index contributed by atoms with van der Waals surface area (Å²) >= 11 is 1.09. The molecule has 8 heteroatoms. The molecule has 1 aromatic heterocycles. The number of nitriles is 1. The van der Waals surface area contributed by atoms with Crippen molar-refractivity contribution in [1.82, 2.24) is 9.88 Å².